The predicted octanol–water partition coefficient (Wildman–Crippen LogP) is 11.0. The van der Waals surface area contributed by atoms with Gasteiger partial charge < -0.3 is 10.1 Å². The van der Waals surface area contributed by atoms with Crippen molar-refractivity contribution in [1.29, 1.82) is 0 Å². The van der Waals surface area contributed by atoms with Crippen molar-refractivity contribution in [3.63, 3.8) is 0 Å². The second-order valence-corrected chi connectivity index (χ2v) is 19.8. The summed E-state index contributed by atoms with van der Waals surface area (Å²) in [5.74, 6) is 0.171. The number of hydrogen-bond donors (Lipinski definition) is 3. The Labute approximate surface area is 367 Å². The van der Waals surface area contributed by atoms with Gasteiger partial charge in [0.2, 0.25) is 5.91 Å². The number of unbranched alkanes of at least 4 members (excludes halogenated alkanes) is 5. The van der Waals surface area contributed by atoms with E-state index in [1.165, 1.54) is 25.0 Å². The lowest BCUT2D eigenvalue weighted by molar-refractivity contribution is -0.388. The molecule has 0 aliphatic carbocycles. The molecule has 0 spiro atoms. The lowest BCUT2D eigenvalue weighted by Gasteiger charge is -2.18. The minimum Gasteiger partial charge on any atom is -0.465 e. The fourth-order valence-electron chi connectivity index (χ4n) is 6.56. The lowest BCUT2D eigenvalue weighted by atomic mass is 9.92. The second-order valence-electron chi connectivity index (χ2n) is 16.0. The summed E-state index contributed by atoms with van der Waals surface area (Å²) in [6, 6.07) is 17.9. The summed E-state index contributed by atoms with van der Waals surface area (Å²) in [6.45, 7) is 12.9. The molecular weight excluding hydrogens is 835 g/mol. The molecule has 0 saturated carbocycles. The minimum atomic E-state index is -4.23. The number of carbonyl (C=O) groups is 2. The van der Waals surface area contributed by atoms with Gasteiger partial charge in [-0.25, -0.2) is 12.9 Å². The summed E-state index contributed by atoms with van der Waals surface area (Å²) >= 11 is 2.48. The number of carbonyl (C=O) groups excluding carboxylic acids is 2. The Balaban J connectivity index is 1.26. The summed E-state index contributed by atoms with van der Waals surface area (Å²) in [5, 5.41) is 27.5. The molecule has 0 fully saturated rings. The van der Waals surface area contributed by atoms with Crippen LogP contribution in [0.15, 0.2) is 86.3 Å². The molecule has 61 heavy (non-hydrogen) atoms. The van der Waals surface area contributed by atoms with Crippen molar-refractivity contribution in [2.24, 2.45) is 5.92 Å². The Bertz CT molecular complexity index is 2370. The van der Waals surface area contributed by atoms with E-state index in [4.69, 9.17) is 4.74 Å². The number of esters is 1. The number of ether oxygens (including phenoxy) is 1. The molecule has 0 aliphatic heterocycles. The summed E-state index contributed by atoms with van der Waals surface area (Å²) in [5.41, 5.74) is 2.53. The van der Waals surface area contributed by atoms with E-state index in [9.17, 15) is 28.1 Å². The minimum absolute atomic E-state index is 0.0161. The fourth-order valence-corrected chi connectivity index (χ4v) is 9.62. The molecule has 0 aliphatic rings. The van der Waals surface area contributed by atoms with E-state index in [1.807, 2.05) is 35.7 Å². The zero-order valence-corrected chi connectivity index (χ0v) is 38.2. The number of aromatic nitrogens is 4. The van der Waals surface area contributed by atoms with Gasteiger partial charge in [0.1, 0.15) is 0 Å². The lowest BCUT2D eigenvalue weighted by Crippen LogP contribution is -2.15. The van der Waals surface area contributed by atoms with Crippen molar-refractivity contribution in [3.8, 4) is 11.4 Å². The molecule has 1 amide bonds. The molecule has 5 rings (SSSR count). The van der Waals surface area contributed by atoms with Crippen LogP contribution < -0.4 is 10.0 Å². The van der Waals surface area contributed by atoms with Crippen LogP contribution in [0.5, 0.6) is 0 Å². The van der Waals surface area contributed by atoms with Crippen LogP contribution in [0.2, 0.25) is 0 Å². The second kappa shape index (κ2) is 21.8. The first-order chi connectivity index (χ1) is 29.1. The molecule has 0 radical (unpaired) electrons. The maximum Gasteiger partial charge on any atom is 0.316 e. The van der Waals surface area contributed by atoms with Crippen LogP contribution in [0.25, 0.3) is 17.0 Å². The van der Waals surface area contributed by atoms with E-state index in [-0.39, 0.29) is 38.5 Å². The first kappa shape index (κ1) is 47.2. The number of rotatable bonds is 23. The van der Waals surface area contributed by atoms with Crippen LogP contribution in [0, 0.1) is 16.0 Å². The molecule has 2 heterocycles. The molecule has 5 aromatic rings. The Morgan fingerprint density at radius 1 is 0.918 bits per heavy atom. The summed E-state index contributed by atoms with van der Waals surface area (Å²) in [4.78, 5) is 38.0. The third-order valence-electron chi connectivity index (χ3n) is 10.1. The largest absolute Gasteiger partial charge is 0.465 e. The topological polar surface area (TPSA) is 191 Å². The fraction of sp³-hybridized carbons (Fsp3) is 0.455. The van der Waals surface area contributed by atoms with Crippen LogP contribution in [0.1, 0.15) is 111 Å². The standard InChI is InChI=1S/C44H57N7O7S3/c1-7-10-12-13-14-16-38(52)45-32-21-23-34(24-22-32)60-40-41(44(4,5)6)48-50-42(46-47-43(40)50)31-17-19-33(20-18-31)49-61(56,57)35-25-26-37(36(27-35)51(54)55)59-29-39(53)58-28-30(9-3)15-11-8-2/h17-27,30,48-49H,7-16,28-29H2,1-6H3,(H,45,52). The first-order valence-corrected chi connectivity index (χ1v) is 24.2. The van der Waals surface area contributed by atoms with Gasteiger partial charge in [-0.3, -0.25) is 29.5 Å². The van der Waals surface area contributed by atoms with Crippen LogP contribution in [0.3, 0.4) is 0 Å². The molecule has 3 N–H and O–H groups in total. The molecule has 0 saturated heterocycles. The number of amides is 1. The molecule has 1 unspecified atom stereocenters. The SMILES string of the molecule is CCCCCCCC(=O)Nc1ccc(Sc2c(C(C)(C)C)[nH]n3c(-c4ccc(NS(=O)(=O)c5ccc(SCC(=O)OCC(CC)CCCC)c([N+](=O)[O-])c5)cc4)nnc23)cc1. The molecule has 3 aromatic carbocycles. The number of benzene rings is 3. The number of anilines is 2. The Morgan fingerprint density at radius 3 is 2.26 bits per heavy atom. The highest BCUT2D eigenvalue weighted by atomic mass is 32.2. The van der Waals surface area contributed by atoms with Crippen molar-refractivity contribution in [2.45, 2.75) is 131 Å². The van der Waals surface area contributed by atoms with Crippen LogP contribution in [-0.2, 0) is 29.8 Å². The number of aromatic amines is 1. The number of sulfonamides is 1. The van der Waals surface area contributed by atoms with Gasteiger partial charge in [-0.05, 0) is 79.4 Å². The van der Waals surface area contributed by atoms with Gasteiger partial charge in [0.15, 0.2) is 11.5 Å². The van der Waals surface area contributed by atoms with E-state index < -0.39 is 26.6 Å². The van der Waals surface area contributed by atoms with Gasteiger partial charge in [-0.2, -0.15) is 0 Å². The first-order valence-electron chi connectivity index (χ1n) is 20.9. The molecule has 328 valence electrons. The zero-order valence-electron chi connectivity index (χ0n) is 35.8. The van der Waals surface area contributed by atoms with Crippen molar-refractivity contribution >= 4 is 68.1 Å². The molecule has 1 atom stereocenters. The van der Waals surface area contributed by atoms with Crippen LogP contribution in [-0.4, -0.2) is 57.4 Å². The monoisotopic (exact) mass is 891 g/mol. The highest BCUT2D eigenvalue weighted by Gasteiger charge is 2.28. The Kier molecular flexibility index (Phi) is 16.8. The van der Waals surface area contributed by atoms with E-state index in [1.54, 1.807) is 36.0 Å². The van der Waals surface area contributed by atoms with E-state index in [0.717, 1.165) is 83.9 Å². The van der Waals surface area contributed by atoms with Gasteiger partial charge in [-0.1, -0.05) is 98.3 Å². The van der Waals surface area contributed by atoms with Gasteiger partial charge in [0, 0.05) is 39.7 Å². The summed E-state index contributed by atoms with van der Waals surface area (Å²) in [6.07, 6.45) is 9.92. The highest BCUT2D eigenvalue weighted by molar-refractivity contribution is 8.00. The van der Waals surface area contributed by atoms with Crippen LogP contribution >= 0.6 is 23.5 Å². The third kappa shape index (κ3) is 13.1. The van der Waals surface area contributed by atoms with E-state index in [2.05, 4.69) is 60.0 Å². The highest BCUT2D eigenvalue weighted by Crippen LogP contribution is 2.40. The quantitative estimate of drug-likeness (QED) is 0.0186. The average Bonchev–Trinajstić information content (AvgIpc) is 3.81. The van der Waals surface area contributed by atoms with Gasteiger partial charge in [-0.15, -0.1) is 22.0 Å². The molecule has 17 heteroatoms. The number of H-pyrrole nitrogens is 1. The van der Waals surface area contributed by atoms with E-state index >= 15 is 0 Å². The van der Waals surface area contributed by atoms with Gasteiger partial charge in [0.25, 0.3) is 15.7 Å². The number of hydrogen-bond acceptors (Lipinski definition) is 11. The smallest absolute Gasteiger partial charge is 0.316 e. The van der Waals surface area contributed by atoms with Crippen molar-refractivity contribution in [1.82, 2.24) is 19.8 Å². The van der Waals surface area contributed by atoms with Crippen molar-refractivity contribution < 1.29 is 27.7 Å². The predicted molar refractivity (Wildman–Crippen MR) is 243 cm³/mol. The number of nitrogens with one attached hydrogen (secondary N) is 3. The number of nitro groups is 1. The number of nitrogens with zero attached hydrogens (tertiary/aromatic N) is 4. The number of nitro benzene ring substituents is 1. The van der Waals surface area contributed by atoms with Crippen molar-refractivity contribution in [3.05, 3.63) is 82.5 Å². The van der Waals surface area contributed by atoms with Crippen molar-refractivity contribution in [2.75, 3.05) is 22.4 Å². The summed E-state index contributed by atoms with van der Waals surface area (Å²) in [7, 11) is -4.23. The Morgan fingerprint density at radius 2 is 1.61 bits per heavy atom. The zero-order chi connectivity index (χ0) is 44.2. The maximum absolute atomic E-state index is 13.4. The van der Waals surface area contributed by atoms with E-state index in [0.29, 0.717) is 30.1 Å². The average molecular weight is 892 g/mol. The van der Waals surface area contributed by atoms with Crippen LogP contribution in [0.4, 0.5) is 17.1 Å². The Hall–Kier alpha value is -4.87. The normalized spacial score (nSPS) is 12.4. The number of thioether (sulfide) groups is 1. The number of fused-ring (bicyclic) bond motifs is 1. The maximum atomic E-state index is 13.4. The third-order valence-corrected chi connectivity index (χ3v) is 13.6. The molecule has 0 bridgehead atoms. The molecule has 14 nitrogen and oxygen atoms in total. The van der Waals surface area contributed by atoms with Gasteiger partial charge >= 0.3 is 5.97 Å². The molecular formula is C44H57N7O7S3. The molecule has 2 aromatic heterocycles. The van der Waals surface area contributed by atoms with Gasteiger partial charge in [0.05, 0.1) is 37.7 Å². The summed E-state index contributed by atoms with van der Waals surface area (Å²) < 4.78 is 36.6.